The monoisotopic (exact) mass is 384 g/mol. The molecule has 1 heterocycles. The summed E-state index contributed by atoms with van der Waals surface area (Å²) in [5, 5.41) is 10.5. The highest BCUT2D eigenvalue weighted by Gasteiger charge is 2.37. The van der Waals surface area contributed by atoms with Crippen LogP contribution in [-0.2, 0) is 0 Å². The summed E-state index contributed by atoms with van der Waals surface area (Å²) in [6.07, 6.45) is -8.32. The van der Waals surface area contributed by atoms with E-state index in [1.165, 1.54) is 0 Å². The normalized spacial score (nSPS) is 11.7. The summed E-state index contributed by atoms with van der Waals surface area (Å²) in [6, 6.07) is 0.244. The van der Waals surface area contributed by atoms with Crippen molar-refractivity contribution < 1.29 is 31.6 Å². The van der Waals surface area contributed by atoms with E-state index in [-0.39, 0.29) is 6.07 Å². The van der Waals surface area contributed by atoms with E-state index in [4.69, 9.17) is 0 Å². The van der Waals surface area contributed by atoms with E-state index in [9.17, 15) is 32.1 Å². The van der Waals surface area contributed by atoms with Gasteiger partial charge in [0.05, 0.1) is 4.92 Å². The molecule has 0 amide bonds. The quantitative estimate of drug-likeness (QED) is 0.263. The standard InChI is InChI=1S/C7H2F5IN2O3/c8-5(9)2-1-3(15(16)17)4(6(13)14-2)18-7(10,11)12/h1,5H. The van der Waals surface area contributed by atoms with Gasteiger partial charge in [-0.05, 0) is 22.6 Å². The van der Waals surface area contributed by atoms with Gasteiger partial charge in [-0.3, -0.25) is 10.1 Å². The van der Waals surface area contributed by atoms with Gasteiger partial charge in [0.2, 0.25) is 5.75 Å². The molecule has 0 saturated heterocycles. The van der Waals surface area contributed by atoms with Crippen molar-refractivity contribution in [3.05, 3.63) is 25.6 Å². The van der Waals surface area contributed by atoms with E-state index in [0.717, 1.165) is 22.6 Å². The number of alkyl halides is 5. The van der Waals surface area contributed by atoms with Gasteiger partial charge in [0.15, 0.2) is 3.70 Å². The maximum atomic E-state index is 12.3. The summed E-state index contributed by atoms with van der Waals surface area (Å²) >= 11 is 1.14. The molecule has 0 fully saturated rings. The molecule has 100 valence electrons. The third kappa shape index (κ3) is 3.61. The van der Waals surface area contributed by atoms with Crippen LogP contribution in [-0.4, -0.2) is 16.3 Å². The van der Waals surface area contributed by atoms with E-state index >= 15 is 0 Å². The van der Waals surface area contributed by atoms with Crippen molar-refractivity contribution in [3.8, 4) is 5.75 Å². The SMILES string of the molecule is O=[N+]([O-])c1cc(C(F)F)nc(I)c1OC(F)(F)F. The van der Waals surface area contributed by atoms with Crippen LogP contribution in [0.4, 0.5) is 27.6 Å². The first-order chi connectivity index (χ1) is 8.11. The number of ether oxygens (including phenoxy) is 1. The molecule has 0 spiro atoms. The lowest BCUT2D eigenvalue weighted by Gasteiger charge is -2.11. The van der Waals surface area contributed by atoms with Crippen LogP contribution in [0.1, 0.15) is 12.1 Å². The molecule has 11 heteroatoms. The predicted octanol–water partition coefficient (Wildman–Crippen LogP) is 3.43. The fourth-order valence-corrected chi connectivity index (χ4v) is 1.63. The molecule has 0 aliphatic carbocycles. The first kappa shape index (κ1) is 14.8. The van der Waals surface area contributed by atoms with Crippen molar-refractivity contribution in [2.75, 3.05) is 0 Å². The molecule has 0 atom stereocenters. The van der Waals surface area contributed by atoms with Crippen molar-refractivity contribution >= 4 is 28.3 Å². The van der Waals surface area contributed by atoms with E-state index in [2.05, 4.69) is 9.72 Å². The smallest absolute Gasteiger partial charge is 0.396 e. The van der Waals surface area contributed by atoms with Crippen molar-refractivity contribution in [2.24, 2.45) is 0 Å². The molecular weight excluding hydrogens is 382 g/mol. The topological polar surface area (TPSA) is 65.3 Å². The minimum atomic E-state index is -5.18. The maximum absolute atomic E-state index is 12.3. The number of aromatic nitrogens is 1. The Kier molecular flexibility index (Phi) is 4.24. The van der Waals surface area contributed by atoms with Gasteiger partial charge >= 0.3 is 12.0 Å². The molecule has 0 bridgehead atoms. The van der Waals surface area contributed by atoms with Crippen LogP contribution in [0.15, 0.2) is 6.07 Å². The Morgan fingerprint density at radius 1 is 1.44 bits per heavy atom. The number of nitrogens with zero attached hydrogens (tertiary/aromatic N) is 2. The zero-order valence-electron chi connectivity index (χ0n) is 8.04. The summed E-state index contributed by atoms with van der Waals surface area (Å²) in [6.45, 7) is 0. The molecule has 1 aromatic rings. The Bertz CT molecular complexity index is 479. The van der Waals surface area contributed by atoms with Gasteiger partial charge in [-0.15, -0.1) is 13.2 Å². The van der Waals surface area contributed by atoms with Gasteiger partial charge in [0.1, 0.15) is 5.69 Å². The van der Waals surface area contributed by atoms with E-state index in [0.29, 0.717) is 0 Å². The Labute approximate surface area is 109 Å². The molecule has 5 nitrogen and oxygen atoms in total. The highest BCUT2D eigenvalue weighted by molar-refractivity contribution is 14.1. The van der Waals surface area contributed by atoms with Gasteiger partial charge in [-0.25, -0.2) is 13.8 Å². The Balaban J connectivity index is 3.37. The van der Waals surface area contributed by atoms with Gasteiger partial charge in [0.25, 0.3) is 6.43 Å². The molecule has 1 aromatic heterocycles. The third-order valence-corrected chi connectivity index (χ3v) is 2.30. The van der Waals surface area contributed by atoms with Crippen molar-refractivity contribution in [2.45, 2.75) is 12.8 Å². The average molecular weight is 384 g/mol. The van der Waals surface area contributed by atoms with E-state index < -0.39 is 38.5 Å². The zero-order valence-corrected chi connectivity index (χ0v) is 10.2. The van der Waals surface area contributed by atoms with Gasteiger partial charge < -0.3 is 4.74 Å². The van der Waals surface area contributed by atoms with Crippen LogP contribution >= 0.6 is 22.6 Å². The van der Waals surface area contributed by atoms with Gasteiger partial charge in [-0.2, -0.15) is 0 Å². The Morgan fingerprint density at radius 2 is 2.00 bits per heavy atom. The Hall–Kier alpha value is -1.27. The average Bonchev–Trinajstić information content (AvgIpc) is 2.18. The lowest BCUT2D eigenvalue weighted by atomic mass is 10.3. The summed E-state index contributed by atoms with van der Waals surface area (Å²) in [7, 11) is 0. The second-order valence-electron chi connectivity index (χ2n) is 2.79. The molecule has 0 aliphatic rings. The van der Waals surface area contributed by atoms with Crippen LogP contribution in [0.3, 0.4) is 0 Å². The summed E-state index contributed by atoms with van der Waals surface area (Å²) < 4.78 is 63.3. The van der Waals surface area contributed by atoms with Gasteiger partial charge in [0, 0.05) is 6.07 Å². The number of nitro groups is 1. The predicted molar refractivity (Wildman–Crippen MR) is 55.2 cm³/mol. The minimum absolute atomic E-state index is 0.244. The number of rotatable bonds is 3. The van der Waals surface area contributed by atoms with Crippen LogP contribution in [0.25, 0.3) is 0 Å². The van der Waals surface area contributed by atoms with Crippen molar-refractivity contribution in [1.29, 1.82) is 0 Å². The molecule has 0 aromatic carbocycles. The summed E-state index contributed by atoms with van der Waals surface area (Å²) in [4.78, 5) is 12.4. The lowest BCUT2D eigenvalue weighted by Crippen LogP contribution is -2.19. The van der Waals surface area contributed by atoms with Crippen molar-refractivity contribution in [3.63, 3.8) is 0 Å². The lowest BCUT2D eigenvalue weighted by molar-refractivity contribution is -0.389. The van der Waals surface area contributed by atoms with Crippen LogP contribution in [0, 0.1) is 13.8 Å². The van der Waals surface area contributed by atoms with E-state index in [1.807, 2.05) is 0 Å². The summed E-state index contributed by atoms with van der Waals surface area (Å²) in [5.41, 5.74) is -2.22. The number of hydrogen-bond acceptors (Lipinski definition) is 4. The molecule has 0 radical (unpaired) electrons. The van der Waals surface area contributed by atoms with Crippen LogP contribution in [0.5, 0.6) is 5.75 Å². The maximum Gasteiger partial charge on any atom is 0.573 e. The van der Waals surface area contributed by atoms with Crippen LogP contribution in [0.2, 0.25) is 0 Å². The molecule has 0 saturated carbocycles. The summed E-state index contributed by atoms with van der Waals surface area (Å²) in [5.74, 6) is -1.21. The first-order valence-electron chi connectivity index (χ1n) is 4.00. The fraction of sp³-hybridized carbons (Fsp3) is 0.286. The number of halogens is 6. The van der Waals surface area contributed by atoms with Crippen molar-refractivity contribution in [1.82, 2.24) is 4.98 Å². The molecular formula is C7H2F5IN2O3. The first-order valence-corrected chi connectivity index (χ1v) is 5.08. The van der Waals surface area contributed by atoms with Gasteiger partial charge in [-0.1, -0.05) is 0 Å². The zero-order chi connectivity index (χ0) is 14.1. The largest absolute Gasteiger partial charge is 0.573 e. The second-order valence-corrected chi connectivity index (χ2v) is 3.81. The number of hydrogen-bond donors (Lipinski definition) is 0. The van der Waals surface area contributed by atoms with E-state index in [1.54, 1.807) is 0 Å². The van der Waals surface area contributed by atoms with Crippen LogP contribution < -0.4 is 4.74 Å². The minimum Gasteiger partial charge on any atom is -0.396 e. The Morgan fingerprint density at radius 3 is 2.39 bits per heavy atom. The fourth-order valence-electron chi connectivity index (χ4n) is 0.965. The third-order valence-electron chi connectivity index (χ3n) is 1.57. The second kappa shape index (κ2) is 5.16. The molecule has 0 unspecified atom stereocenters. The molecule has 1 rings (SSSR count). The molecule has 0 aliphatic heterocycles. The highest BCUT2D eigenvalue weighted by Crippen LogP contribution is 2.37. The highest BCUT2D eigenvalue weighted by atomic mass is 127. The molecule has 18 heavy (non-hydrogen) atoms. The number of pyridine rings is 1. The molecule has 0 N–H and O–H groups in total.